The van der Waals surface area contributed by atoms with Crippen LogP contribution in [0.2, 0.25) is 0 Å². The summed E-state index contributed by atoms with van der Waals surface area (Å²) in [7, 11) is 0. The van der Waals surface area contributed by atoms with E-state index in [0.717, 1.165) is 30.7 Å². The van der Waals surface area contributed by atoms with Gasteiger partial charge in [0.2, 0.25) is 0 Å². The molecule has 10 heteroatoms. The topological polar surface area (TPSA) is 85.5 Å². The fraction of sp³-hybridized carbons (Fsp3) is 0.355. The maximum Gasteiger partial charge on any atom is 0.258 e. The average Bonchev–Trinajstić information content (AvgIpc) is 3.42. The zero-order valence-electron chi connectivity index (χ0n) is 27.3. The highest BCUT2D eigenvalue weighted by Crippen LogP contribution is 2.29. The number of benzene rings is 3. The van der Waals surface area contributed by atoms with Crippen molar-refractivity contribution in [2.75, 3.05) is 61.9 Å². The van der Waals surface area contributed by atoms with Gasteiger partial charge in [-0.15, -0.1) is 0 Å². The van der Waals surface area contributed by atoms with Gasteiger partial charge in [-0.2, -0.15) is 5.10 Å². The number of H-pyrrole nitrogens is 1. The van der Waals surface area contributed by atoms with Crippen LogP contribution >= 0.6 is 0 Å². The molecule has 2 aliphatic heterocycles. The number of halogens is 2. The third-order valence-corrected chi connectivity index (χ3v) is 7.42. The quantitative estimate of drug-likeness (QED) is 0.292. The van der Waals surface area contributed by atoms with Gasteiger partial charge in [0.1, 0.15) is 11.6 Å². The van der Waals surface area contributed by atoms with E-state index in [0.29, 0.717) is 67.6 Å². The van der Waals surface area contributed by atoms with Gasteiger partial charge in [0.25, 0.3) is 5.91 Å². The summed E-state index contributed by atoms with van der Waals surface area (Å²) >= 11 is 0. The lowest BCUT2D eigenvalue weighted by Crippen LogP contribution is -2.44. The Kier molecular flexibility index (Phi) is 6.26. The van der Waals surface area contributed by atoms with Crippen LogP contribution in [0.5, 0.6) is 0 Å². The van der Waals surface area contributed by atoms with E-state index in [1.165, 1.54) is 17.0 Å². The Bertz CT molecular complexity index is 1720. The van der Waals surface area contributed by atoms with Gasteiger partial charge in [-0.25, -0.2) is 8.78 Å². The maximum atomic E-state index is 13.9. The second kappa shape index (κ2) is 11.8. The summed E-state index contributed by atoms with van der Waals surface area (Å²) in [6.45, 7) is 0.904. The molecule has 3 N–H and O–H groups in total. The number of piperazine rings is 1. The SMILES string of the molecule is [2H]C([2H])(c1cc(F)cc(F)c1)c1ccc2[nH]nc(NC(=O)c3ccc(N4CCN(C([2H])([2H])[2H])CC4)cc3NC3CCOCC3)c2c1. The number of carbonyl (C=O) groups excluding carboxylic acids is 1. The van der Waals surface area contributed by atoms with Crippen LogP contribution in [0.4, 0.5) is 26.0 Å². The Morgan fingerprint density at radius 2 is 1.83 bits per heavy atom. The number of likely N-dealkylation sites (N-methyl/N-ethyl adjacent to an activating group) is 1. The van der Waals surface area contributed by atoms with Gasteiger partial charge in [-0.3, -0.25) is 9.89 Å². The first-order chi connectivity index (χ1) is 21.9. The van der Waals surface area contributed by atoms with E-state index in [1.807, 2.05) is 12.1 Å². The number of ether oxygens (including phenoxy) is 1. The molecule has 214 valence electrons. The molecule has 3 aromatic carbocycles. The molecule has 41 heavy (non-hydrogen) atoms. The smallest absolute Gasteiger partial charge is 0.258 e. The number of anilines is 3. The van der Waals surface area contributed by atoms with E-state index >= 15 is 0 Å². The molecule has 0 atom stereocenters. The molecule has 2 aliphatic rings. The number of nitrogens with one attached hydrogen (secondary N) is 3. The zero-order valence-corrected chi connectivity index (χ0v) is 22.3. The first-order valence-corrected chi connectivity index (χ1v) is 13.6. The number of aromatic amines is 1. The lowest BCUT2D eigenvalue weighted by Gasteiger charge is -2.34. The average molecular weight is 566 g/mol. The molecule has 0 spiro atoms. The highest BCUT2D eigenvalue weighted by atomic mass is 19.1. The fourth-order valence-electron chi connectivity index (χ4n) is 5.23. The number of aromatic nitrogens is 2. The summed E-state index contributed by atoms with van der Waals surface area (Å²) in [6.07, 6.45) is -0.694. The van der Waals surface area contributed by atoms with Crippen molar-refractivity contribution >= 4 is 34.0 Å². The van der Waals surface area contributed by atoms with Gasteiger partial charge in [0.15, 0.2) is 5.82 Å². The molecule has 0 bridgehead atoms. The van der Waals surface area contributed by atoms with Gasteiger partial charge in [0.05, 0.1) is 11.1 Å². The lowest BCUT2D eigenvalue weighted by atomic mass is 10.0. The van der Waals surface area contributed by atoms with Crippen LogP contribution in [-0.4, -0.2) is 73.4 Å². The minimum absolute atomic E-state index is 0.0895. The van der Waals surface area contributed by atoms with E-state index in [-0.39, 0.29) is 23.0 Å². The normalized spacial score (nSPS) is 19.2. The second-order valence-corrected chi connectivity index (χ2v) is 10.3. The number of fused-ring (bicyclic) bond motifs is 1. The molecule has 0 aliphatic carbocycles. The first kappa shape index (κ1) is 21.7. The number of hydrogen-bond acceptors (Lipinski definition) is 6. The molecule has 3 heterocycles. The van der Waals surface area contributed by atoms with E-state index in [1.54, 1.807) is 12.1 Å². The summed E-state index contributed by atoms with van der Waals surface area (Å²) in [6, 6.07) is 12.7. The lowest BCUT2D eigenvalue weighted by molar-refractivity contribution is 0.0904. The number of amides is 1. The summed E-state index contributed by atoms with van der Waals surface area (Å²) in [5.41, 5.74) is 2.34. The molecular formula is C31H34F2N6O2. The van der Waals surface area contributed by atoms with Gasteiger partial charge in [0, 0.05) is 75.1 Å². The summed E-state index contributed by atoms with van der Waals surface area (Å²) in [5, 5.41) is 13.9. The van der Waals surface area contributed by atoms with Crippen molar-refractivity contribution in [2.45, 2.75) is 25.3 Å². The molecule has 2 fully saturated rings. The third-order valence-electron chi connectivity index (χ3n) is 7.42. The van der Waals surface area contributed by atoms with Crippen LogP contribution in [0.25, 0.3) is 10.9 Å². The number of nitrogens with zero attached hydrogens (tertiary/aromatic N) is 3. The predicted molar refractivity (Wildman–Crippen MR) is 157 cm³/mol. The highest BCUT2D eigenvalue weighted by Gasteiger charge is 2.22. The van der Waals surface area contributed by atoms with Crippen molar-refractivity contribution in [3.05, 3.63) is 82.9 Å². The summed E-state index contributed by atoms with van der Waals surface area (Å²) < 4.78 is 73.7. The van der Waals surface area contributed by atoms with Gasteiger partial charge in [-0.1, -0.05) is 6.07 Å². The van der Waals surface area contributed by atoms with Gasteiger partial charge in [-0.05, 0) is 79.8 Å². The van der Waals surface area contributed by atoms with Crippen LogP contribution in [0.3, 0.4) is 0 Å². The minimum atomic E-state index is -2.23. The van der Waals surface area contributed by atoms with Crippen LogP contribution < -0.4 is 15.5 Å². The largest absolute Gasteiger partial charge is 0.381 e. The fourth-order valence-corrected chi connectivity index (χ4v) is 5.23. The number of carbonyl (C=O) groups is 1. The Hall–Kier alpha value is -4.02. The molecule has 2 saturated heterocycles. The standard InChI is InChI=1S/C31H34F2N6O2/c1-38-8-10-39(11-9-38)25-3-4-26(29(19-25)34-24-6-12-41-13-7-24)31(40)35-30-27-17-20(2-5-28(27)36-37-30)14-21-15-22(32)18-23(33)16-21/h2-5,15-19,24,34H,6-14H2,1H3,(H2,35,36,37,40)/i1D3,14D2. The van der Waals surface area contributed by atoms with E-state index < -0.39 is 30.9 Å². The number of hydrogen-bond donors (Lipinski definition) is 3. The highest BCUT2D eigenvalue weighted by molar-refractivity contribution is 6.11. The molecular weight excluding hydrogens is 526 g/mol. The first-order valence-electron chi connectivity index (χ1n) is 16.1. The molecule has 4 aromatic rings. The Morgan fingerprint density at radius 3 is 2.59 bits per heavy atom. The zero-order chi connectivity index (χ0) is 32.6. The van der Waals surface area contributed by atoms with E-state index in [4.69, 9.17) is 11.6 Å². The maximum absolute atomic E-state index is 13.9. The van der Waals surface area contributed by atoms with Crippen molar-refractivity contribution in [3.8, 4) is 0 Å². The molecule has 0 unspecified atom stereocenters. The Balaban J connectivity index is 1.27. The van der Waals surface area contributed by atoms with Crippen molar-refractivity contribution in [2.24, 2.45) is 0 Å². The van der Waals surface area contributed by atoms with Crippen LogP contribution in [-0.2, 0) is 11.1 Å². The monoisotopic (exact) mass is 565 g/mol. The van der Waals surface area contributed by atoms with Crippen molar-refractivity contribution in [1.29, 1.82) is 0 Å². The predicted octanol–water partition coefficient (Wildman–Crippen LogP) is 5.03. The van der Waals surface area contributed by atoms with Crippen molar-refractivity contribution in [3.63, 3.8) is 0 Å². The molecule has 1 aromatic heterocycles. The number of rotatable bonds is 7. The molecule has 0 radical (unpaired) electrons. The third kappa shape index (κ3) is 6.34. The minimum Gasteiger partial charge on any atom is -0.381 e. The van der Waals surface area contributed by atoms with E-state index in [2.05, 4.69) is 25.7 Å². The van der Waals surface area contributed by atoms with E-state index in [9.17, 15) is 13.6 Å². The summed E-state index contributed by atoms with van der Waals surface area (Å²) in [5.74, 6) is -2.04. The summed E-state index contributed by atoms with van der Waals surface area (Å²) in [4.78, 5) is 17.3. The van der Waals surface area contributed by atoms with Crippen LogP contribution in [0.1, 0.15) is 41.2 Å². The second-order valence-electron chi connectivity index (χ2n) is 10.3. The van der Waals surface area contributed by atoms with Crippen LogP contribution in [0, 0.1) is 11.6 Å². The van der Waals surface area contributed by atoms with Crippen molar-refractivity contribution in [1.82, 2.24) is 15.1 Å². The Morgan fingerprint density at radius 1 is 1.05 bits per heavy atom. The molecule has 8 nitrogen and oxygen atoms in total. The van der Waals surface area contributed by atoms with Gasteiger partial charge < -0.3 is 25.2 Å². The van der Waals surface area contributed by atoms with Crippen LogP contribution in [0.15, 0.2) is 54.6 Å². The Labute approximate surface area is 244 Å². The van der Waals surface area contributed by atoms with Crippen molar-refractivity contribution < 1.29 is 25.2 Å². The van der Waals surface area contributed by atoms with Gasteiger partial charge >= 0.3 is 0 Å². The molecule has 6 rings (SSSR count). The molecule has 0 saturated carbocycles. The molecule has 1 amide bonds.